The van der Waals surface area contributed by atoms with Gasteiger partial charge in [-0.3, -0.25) is 9.69 Å². The molecule has 6 heteroatoms. The van der Waals surface area contributed by atoms with Crippen molar-refractivity contribution in [2.24, 2.45) is 0 Å². The zero-order chi connectivity index (χ0) is 17.7. The van der Waals surface area contributed by atoms with Gasteiger partial charge in [-0.1, -0.05) is 23.7 Å². The SMILES string of the molecule is CC(C)(C)OC(=O)N1CCCC1C(=O)NCCc1ccc(Cl)cc1. The third-order valence-electron chi connectivity index (χ3n) is 3.81. The number of benzene rings is 1. The van der Waals surface area contributed by atoms with Crippen molar-refractivity contribution in [2.45, 2.75) is 51.7 Å². The molecule has 0 saturated carbocycles. The van der Waals surface area contributed by atoms with E-state index in [0.29, 0.717) is 24.5 Å². The van der Waals surface area contributed by atoms with Crippen molar-refractivity contribution in [2.75, 3.05) is 13.1 Å². The second kappa shape index (κ2) is 7.88. The zero-order valence-electron chi connectivity index (χ0n) is 14.5. The van der Waals surface area contributed by atoms with Crippen LogP contribution in [0.25, 0.3) is 0 Å². The van der Waals surface area contributed by atoms with E-state index in [1.54, 1.807) is 0 Å². The number of hydrogen-bond donors (Lipinski definition) is 1. The van der Waals surface area contributed by atoms with Crippen LogP contribution in [0.3, 0.4) is 0 Å². The number of halogens is 1. The summed E-state index contributed by atoms with van der Waals surface area (Å²) in [6, 6.07) is 7.11. The third kappa shape index (κ3) is 5.41. The number of ether oxygens (including phenoxy) is 1. The molecular formula is C18H25ClN2O3. The second-order valence-electron chi connectivity index (χ2n) is 7.00. The summed E-state index contributed by atoms with van der Waals surface area (Å²) < 4.78 is 5.38. The van der Waals surface area contributed by atoms with Crippen LogP contribution in [0.1, 0.15) is 39.2 Å². The maximum atomic E-state index is 12.4. The Labute approximate surface area is 148 Å². The van der Waals surface area contributed by atoms with Crippen LogP contribution in [0.15, 0.2) is 24.3 Å². The first-order valence-electron chi connectivity index (χ1n) is 8.28. The molecule has 0 aromatic heterocycles. The number of carbonyl (C=O) groups excluding carboxylic acids is 2. The first-order chi connectivity index (χ1) is 11.3. The van der Waals surface area contributed by atoms with Gasteiger partial charge >= 0.3 is 6.09 Å². The Balaban J connectivity index is 1.84. The van der Waals surface area contributed by atoms with Crippen LogP contribution in [0, 0.1) is 0 Å². The minimum absolute atomic E-state index is 0.118. The van der Waals surface area contributed by atoms with Crippen molar-refractivity contribution in [1.82, 2.24) is 10.2 Å². The average molecular weight is 353 g/mol. The minimum atomic E-state index is -0.560. The number of amides is 2. The molecule has 132 valence electrons. The highest BCUT2D eigenvalue weighted by atomic mass is 35.5. The maximum Gasteiger partial charge on any atom is 0.410 e. The molecule has 1 fully saturated rings. The molecule has 1 aliphatic rings. The molecule has 2 amide bonds. The summed E-state index contributed by atoms with van der Waals surface area (Å²) in [6.45, 7) is 6.55. The van der Waals surface area contributed by atoms with E-state index in [2.05, 4.69) is 5.32 Å². The molecule has 5 nitrogen and oxygen atoms in total. The lowest BCUT2D eigenvalue weighted by atomic mass is 10.1. The van der Waals surface area contributed by atoms with Gasteiger partial charge in [-0.2, -0.15) is 0 Å². The summed E-state index contributed by atoms with van der Waals surface area (Å²) in [5.74, 6) is -0.118. The highest BCUT2D eigenvalue weighted by Crippen LogP contribution is 2.21. The zero-order valence-corrected chi connectivity index (χ0v) is 15.2. The van der Waals surface area contributed by atoms with E-state index < -0.39 is 17.7 Å². The molecule has 24 heavy (non-hydrogen) atoms. The van der Waals surface area contributed by atoms with Gasteiger partial charge in [0.25, 0.3) is 0 Å². The van der Waals surface area contributed by atoms with Crippen molar-refractivity contribution >= 4 is 23.6 Å². The largest absolute Gasteiger partial charge is 0.444 e. The first kappa shape index (κ1) is 18.6. The molecule has 1 atom stereocenters. The Hall–Kier alpha value is -1.75. The van der Waals surface area contributed by atoms with Gasteiger partial charge < -0.3 is 10.1 Å². The van der Waals surface area contributed by atoms with Crippen molar-refractivity contribution in [3.8, 4) is 0 Å². The van der Waals surface area contributed by atoms with Crippen molar-refractivity contribution in [1.29, 1.82) is 0 Å². The summed E-state index contributed by atoms with van der Waals surface area (Å²) in [5.41, 5.74) is 0.546. The molecule has 2 rings (SSSR count). The van der Waals surface area contributed by atoms with Gasteiger partial charge in [-0.15, -0.1) is 0 Å². The minimum Gasteiger partial charge on any atom is -0.444 e. The van der Waals surface area contributed by atoms with E-state index >= 15 is 0 Å². The number of likely N-dealkylation sites (tertiary alicyclic amines) is 1. The molecule has 1 aliphatic heterocycles. The highest BCUT2D eigenvalue weighted by molar-refractivity contribution is 6.30. The smallest absolute Gasteiger partial charge is 0.410 e. The van der Waals surface area contributed by atoms with E-state index in [9.17, 15) is 9.59 Å². The second-order valence-corrected chi connectivity index (χ2v) is 7.44. The molecule has 1 unspecified atom stereocenters. The molecule has 0 bridgehead atoms. The Morgan fingerprint density at radius 2 is 1.96 bits per heavy atom. The fourth-order valence-corrected chi connectivity index (χ4v) is 2.80. The molecular weight excluding hydrogens is 328 g/mol. The standard InChI is InChI=1S/C18H25ClN2O3/c1-18(2,3)24-17(23)21-12-4-5-15(21)16(22)20-11-10-13-6-8-14(19)9-7-13/h6-9,15H,4-5,10-12H2,1-3H3,(H,20,22). The Morgan fingerprint density at radius 3 is 2.58 bits per heavy atom. The van der Waals surface area contributed by atoms with Crippen LogP contribution in [-0.2, 0) is 16.0 Å². The number of rotatable bonds is 4. The number of hydrogen-bond acceptors (Lipinski definition) is 3. The summed E-state index contributed by atoms with van der Waals surface area (Å²) in [5, 5.41) is 3.61. The van der Waals surface area contributed by atoms with Crippen LogP contribution >= 0.6 is 11.6 Å². The van der Waals surface area contributed by atoms with E-state index in [1.807, 2.05) is 45.0 Å². The number of nitrogens with zero attached hydrogens (tertiary/aromatic N) is 1. The molecule has 1 heterocycles. The van der Waals surface area contributed by atoms with E-state index in [4.69, 9.17) is 16.3 Å². The number of nitrogens with one attached hydrogen (secondary N) is 1. The quantitative estimate of drug-likeness (QED) is 0.903. The summed E-state index contributed by atoms with van der Waals surface area (Å²) in [4.78, 5) is 26.1. The lowest BCUT2D eigenvalue weighted by Gasteiger charge is -2.28. The molecule has 1 aromatic rings. The normalized spacial score (nSPS) is 17.7. The van der Waals surface area contributed by atoms with Crippen molar-refractivity contribution < 1.29 is 14.3 Å². The van der Waals surface area contributed by atoms with Crippen molar-refractivity contribution in [3.63, 3.8) is 0 Å². The van der Waals surface area contributed by atoms with E-state index in [0.717, 1.165) is 18.4 Å². The van der Waals surface area contributed by atoms with Gasteiger partial charge in [0.05, 0.1) is 0 Å². The van der Waals surface area contributed by atoms with Gasteiger partial charge in [0.1, 0.15) is 11.6 Å². The fourth-order valence-electron chi connectivity index (χ4n) is 2.68. The Morgan fingerprint density at radius 1 is 1.29 bits per heavy atom. The average Bonchev–Trinajstić information content (AvgIpc) is 2.97. The van der Waals surface area contributed by atoms with E-state index in [-0.39, 0.29) is 5.91 Å². The Kier molecular flexibility index (Phi) is 6.10. The monoisotopic (exact) mass is 352 g/mol. The van der Waals surface area contributed by atoms with Crippen LogP contribution in [0.5, 0.6) is 0 Å². The summed E-state index contributed by atoms with van der Waals surface area (Å²) in [7, 11) is 0. The molecule has 1 saturated heterocycles. The van der Waals surface area contributed by atoms with Gasteiger partial charge in [0.2, 0.25) is 5.91 Å². The summed E-state index contributed by atoms with van der Waals surface area (Å²) in [6.07, 6.45) is 1.79. The lowest BCUT2D eigenvalue weighted by Crippen LogP contribution is -2.47. The van der Waals surface area contributed by atoms with Crippen LogP contribution in [0.2, 0.25) is 5.02 Å². The molecule has 0 aliphatic carbocycles. The van der Waals surface area contributed by atoms with Gasteiger partial charge in [0.15, 0.2) is 0 Å². The van der Waals surface area contributed by atoms with Gasteiger partial charge in [-0.05, 0) is 57.7 Å². The van der Waals surface area contributed by atoms with Crippen LogP contribution in [0.4, 0.5) is 4.79 Å². The molecule has 0 spiro atoms. The molecule has 0 radical (unpaired) electrons. The molecule has 1 aromatic carbocycles. The van der Waals surface area contributed by atoms with Crippen LogP contribution in [-0.4, -0.2) is 41.6 Å². The van der Waals surface area contributed by atoms with Gasteiger partial charge in [0, 0.05) is 18.1 Å². The predicted octanol–water partition coefficient (Wildman–Crippen LogP) is 3.40. The maximum absolute atomic E-state index is 12.4. The molecule has 1 N–H and O–H groups in total. The summed E-state index contributed by atoms with van der Waals surface area (Å²) >= 11 is 5.85. The predicted molar refractivity (Wildman–Crippen MR) is 94.1 cm³/mol. The Bertz CT molecular complexity index is 581. The first-order valence-corrected chi connectivity index (χ1v) is 8.66. The highest BCUT2D eigenvalue weighted by Gasteiger charge is 2.36. The van der Waals surface area contributed by atoms with Crippen LogP contribution < -0.4 is 5.32 Å². The van der Waals surface area contributed by atoms with E-state index in [1.165, 1.54) is 4.90 Å². The fraction of sp³-hybridized carbons (Fsp3) is 0.556. The topological polar surface area (TPSA) is 58.6 Å². The lowest BCUT2D eigenvalue weighted by molar-refractivity contribution is -0.125. The van der Waals surface area contributed by atoms with Gasteiger partial charge in [-0.25, -0.2) is 4.79 Å². The van der Waals surface area contributed by atoms with Crippen molar-refractivity contribution in [3.05, 3.63) is 34.9 Å². The number of carbonyl (C=O) groups is 2. The third-order valence-corrected chi connectivity index (χ3v) is 4.06.